The van der Waals surface area contributed by atoms with Crippen LogP contribution in [0.2, 0.25) is 5.02 Å². The van der Waals surface area contributed by atoms with E-state index in [1.54, 1.807) is 6.92 Å². The molecule has 0 spiro atoms. The molecule has 3 N–H and O–H groups in total. The number of hydrogen-bond donors (Lipinski definition) is 3. The van der Waals surface area contributed by atoms with Crippen molar-refractivity contribution in [3.05, 3.63) is 34.6 Å². The molecular weight excluding hydrogens is 247 g/mol. The maximum Gasteiger partial charge on any atom is 0.314 e. The van der Waals surface area contributed by atoms with Crippen molar-refractivity contribution in [3.8, 4) is 0 Å². The quantitative estimate of drug-likeness (QED) is 0.774. The van der Waals surface area contributed by atoms with Gasteiger partial charge in [0.25, 0.3) is 0 Å². The Kier molecular flexibility index (Phi) is 5.18. The van der Waals surface area contributed by atoms with Crippen molar-refractivity contribution >= 4 is 17.6 Å². The zero-order valence-corrected chi connectivity index (χ0v) is 10.1. The van der Waals surface area contributed by atoms with Gasteiger partial charge in [0.2, 0.25) is 0 Å². The van der Waals surface area contributed by atoms with E-state index in [1.165, 1.54) is 12.1 Å². The maximum absolute atomic E-state index is 13.1. The molecule has 0 aliphatic carbocycles. The summed E-state index contributed by atoms with van der Waals surface area (Å²) < 4.78 is 13.1. The molecule has 1 unspecified atom stereocenters. The molecule has 0 bridgehead atoms. The lowest BCUT2D eigenvalue weighted by Crippen LogP contribution is -2.37. The number of aliphatic hydroxyl groups excluding tert-OH is 1. The molecule has 17 heavy (non-hydrogen) atoms. The molecular formula is C11H14ClFN2O2. The predicted octanol–water partition coefficient (Wildman–Crippen LogP) is 1.83. The van der Waals surface area contributed by atoms with Crippen LogP contribution in [0.5, 0.6) is 0 Å². The van der Waals surface area contributed by atoms with Crippen molar-refractivity contribution in [1.29, 1.82) is 0 Å². The highest BCUT2D eigenvalue weighted by molar-refractivity contribution is 6.30. The second-order valence-corrected chi connectivity index (χ2v) is 3.84. The van der Waals surface area contributed by atoms with Crippen molar-refractivity contribution in [2.45, 2.75) is 13.0 Å². The molecule has 0 radical (unpaired) electrons. The van der Waals surface area contributed by atoms with Gasteiger partial charge in [-0.05, 0) is 24.6 Å². The van der Waals surface area contributed by atoms with Gasteiger partial charge in [-0.1, -0.05) is 17.7 Å². The van der Waals surface area contributed by atoms with Gasteiger partial charge in [-0.3, -0.25) is 0 Å². The van der Waals surface area contributed by atoms with Gasteiger partial charge in [0.15, 0.2) is 0 Å². The summed E-state index contributed by atoms with van der Waals surface area (Å²) in [5.74, 6) is -0.596. The van der Waals surface area contributed by atoms with Gasteiger partial charge in [-0.25, -0.2) is 9.18 Å². The maximum atomic E-state index is 13.1. The van der Waals surface area contributed by atoms with Crippen molar-refractivity contribution in [2.75, 3.05) is 13.1 Å². The molecule has 0 fully saturated rings. The van der Waals surface area contributed by atoms with Gasteiger partial charge in [0.1, 0.15) is 5.82 Å². The number of hydrogen-bond acceptors (Lipinski definition) is 2. The standard InChI is InChI=1S/C11H14ClFN2O2/c1-2-14-11(17)15-6-10(16)7-3-4-8(12)9(13)5-7/h3-5,10,16H,2,6H2,1H3,(H2,14,15,17). The van der Waals surface area contributed by atoms with E-state index in [2.05, 4.69) is 10.6 Å². The Labute approximate surface area is 104 Å². The number of carbonyl (C=O) groups is 1. The minimum Gasteiger partial charge on any atom is -0.387 e. The molecule has 1 aromatic carbocycles. The van der Waals surface area contributed by atoms with E-state index in [0.29, 0.717) is 12.1 Å². The third kappa shape index (κ3) is 4.20. The molecule has 0 saturated carbocycles. The topological polar surface area (TPSA) is 61.4 Å². The molecule has 0 aliphatic rings. The van der Waals surface area contributed by atoms with E-state index in [1.807, 2.05) is 0 Å². The van der Waals surface area contributed by atoms with E-state index in [0.717, 1.165) is 6.07 Å². The minimum atomic E-state index is -0.968. The number of carbonyl (C=O) groups excluding carboxylic acids is 1. The van der Waals surface area contributed by atoms with Crippen LogP contribution in [0.1, 0.15) is 18.6 Å². The highest BCUT2D eigenvalue weighted by Gasteiger charge is 2.11. The van der Waals surface area contributed by atoms with E-state index < -0.39 is 11.9 Å². The zero-order valence-electron chi connectivity index (χ0n) is 9.34. The predicted molar refractivity (Wildman–Crippen MR) is 63.4 cm³/mol. The van der Waals surface area contributed by atoms with Gasteiger partial charge in [0, 0.05) is 13.1 Å². The Hall–Kier alpha value is -1.33. The molecule has 0 saturated heterocycles. The Morgan fingerprint density at radius 1 is 1.53 bits per heavy atom. The molecule has 94 valence electrons. The van der Waals surface area contributed by atoms with Gasteiger partial charge < -0.3 is 15.7 Å². The molecule has 6 heteroatoms. The summed E-state index contributed by atoms with van der Waals surface area (Å²) in [5, 5.41) is 14.7. The number of aliphatic hydroxyl groups is 1. The Morgan fingerprint density at radius 3 is 2.82 bits per heavy atom. The third-order valence-corrected chi connectivity index (χ3v) is 2.43. The molecule has 0 aromatic heterocycles. The Morgan fingerprint density at radius 2 is 2.24 bits per heavy atom. The molecule has 1 atom stereocenters. The second kappa shape index (κ2) is 6.42. The lowest BCUT2D eigenvalue weighted by molar-refractivity contribution is 0.173. The highest BCUT2D eigenvalue weighted by Crippen LogP contribution is 2.19. The van der Waals surface area contributed by atoms with Crippen molar-refractivity contribution < 1.29 is 14.3 Å². The monoisotopic (exact) mass is 260 g/mol. The van der Waals surface area contributed by atoms with Crippen LogP contribution in [0, 0.1) is 5.82 Å². The smallest absolute Gasteiger partial charge is 0.314 e. The summed E-state index contributed by atoms with van der Waals surface area (Å²) >= 11 is 5.52. The number of halogens is 2. The molecule has 1 rings (SSSR count). The minimum absolute atomic E-state index is 0.00219. The number of urea groups is 1. The van der Waals surface area contributed by atoms with Crippen LogP contribution < -0.4 is 10.6 Å². The fraction of sp³-hybridized carbons (Fsp3) is 0.364. The molecule has 0 aliphatic heterocycles. The Balaban J connectivity index is 2.54. The summed E-state index contributed by atoms with van der Waals surface area (Å²) in [6, 6.07) is 3.64. The summed E-state index contributed by atoms with van der Waals surface area (Å²) in [4.78, 5) is 11.1. The first kappa shape index (κ1) is 13.7. The average molecular weight is 261 g/mol. The van der Waals surface area contributed by atoms with Gasteiger partial charge in [-0.2, -0.15) is 0 Å². The number of nitrogens with one attached hydrogen (secondary N) is 2. The van der Waals surface area contributed by atoms with Crippen LogP contribution in [-0.2, 0) is 0 Å². The number of amides is 2. The van der Waals surface area contributed by atoms with Crippen molar-refractivity contribution in [1.82, 2.24) is 10.6 Å². The Bertz CT molecular complexity index is 401. The average Bonchev–Trinajstić information content (AvgIpc) is 2.30. The molecule has 2 amide bonds. The largest absolute Gasteiger partial charge is 0.387 e. The number of rotatable bonds is 4. The van der Waals surface area contributed by atoms with Crippen LogP contribution >= 0.6 is 11.6 Å². The van der Waals surface area contributed by atoms with Crippen LogP contribution in [0.15, 0.2) is 18.2 Å². The molecule has 0 heterocycles. The van der Waals surface area contributed by atoms with Gasteiger partial charge in [0.05, 0.1) is 11.1 Å². The summed E-state index contributed by atoms with van der Waals surface area (Å²) in [5.41, 5.74) is 0.365. The summed E-state index contributed by atoms with van der Waals surface area (Å²) in [6.45, 7) is 2.29. The lowest BCUT2D eigenvalue weighted by Gasteiger charge is -2.12. The zero-order chi connectivity index (χ0) is 12.8. The number of benzene rings is 1. The van der Waals surface area contributed by atoms with Gasteiger partial charge >= 0.3 is 6.03 Å². The molecule has 4 nitrogen and oxygen atoms in total. The molecule has 1 aromatic rings. The van der Waals surface area contributed by atoms with Crippen LogP contribution in [0.3, 0.4) is 0 Å². The SMILES string of the molecule is CCNC(=O)NCC(O)c1ccc(Cl)c(F)c1. The van der Waals surface area contributed by atoms with E-state index in [9.17, 15) is 14.3 Å². The first-order valence-corrected chi connectivity index (χ1v) is 5.57. The van der Waals surface area contributed by atoms with Gasteiger partial charge in [-0.15, -0.1) is 0 Å². The van der Waals surface area contributed by atoms with Crippen LogP contribution in [-0.4, -0.2) is 24.2 Å². The van der Waals surface area contributed by atoms with Crippen molar-refractivity contribution in [2.24, 2.45) is 0 Å². The van der Waals surface area contributed by atoms with Crippen LogP contribution in [0.25, 0.3) is 0 Å². The van der Waals surface area contributed by atoms with E-state index in [-0.39, 0.29) is 17.6 Å². The van der Waals surface area contributed by atoms with E-state index in [4.69, 9.17) is 11.6 Å². The summed E-state index contributed by atoms with van der Waals surface area (Å²) in [6.07, 6.45) is -0.968. The first-order chi connectivity index (χ1) is 8.04. The van der Waals surface area contributed by atoms with E-state index >= 15 is 0 Å². The van der Waals surface area contributed by atoms with Crippen molar-refractivity contribution in [3.63, 3.8) is 0 Å². The second-order valence-electron chi connectivity index (χ2n) is 3.43. The fourth-order valence-electron chi connectivity index (χ4n) is 1.25. The fourth-order valence-corrected chi connectivity index (χ4v) is 1.37. The summed E-state index contributed by atoms with van der Waals surface area (Å²) in [7, 11) is 0. The third-order valence-electron chi connectivity index (χ3n) is 2.12. The van der Waals surface area contributed by atoms with Crippen LogP contribution in [0.4, 0.5) is 9.18 Å². The lowest BCUT2D eigenvalue weighted by atomic mass is 10.1. The highest BCUT2D eigenvalue weighted by atomic mass is 35.5. The normalized spacial score (nSPS) is 12.0. The first-order valence-electron chi connectivity index (χ1n) is 5.19.